The van der Waals surface area contributed by atoms with Crippen molar-refractivity contribution in [1.29, 1.82) is 0 Å². The summed E-state index contributed by atoms with van der Waals surface area (Å²) in [5.41, 5.74) is 0.784. The number of rotatable bonds is 4. The molecule has 0 saturated heterocycles. The molecular weight excluding hydrogens is 260 g/mol. The lowest BCUT2D eigenvalue weighted by Gasteiger charge is -2.25. The minimum atomic E-state index is -1.10. The van der Waals surface area contributed by atoms with Gasteiger partial charge in [-0.15, -0.1) is 0 Å². The van der Waals surface area contributed by atoms with Crippen molar-refractivity contribution in [3.8, 4) is 0 Å². The molecule has 20 heavy (non-hydrogen) atoms. The number of carbonyl (C=O) groups excluding carboxylic acids is 1. The number of carbonyl (C=O) groups is 2. The van der Waals surface area contributed by atoms with Gasteiger partial charge in [0.2, 0.25) is 0 Å². The van der Waals surface area contributed by atoms with Gasteiger partial charge < -0.3 is 15.7 Å². The highest BCUT2D eigenvalue weighted by molar-refractivity contribution is 5.86. The lowest BCUT2D eigenvalue weighted by molar-refractivity contribution is -0.144. The van der Waals surface area contributed by atoms with Gasteiger partial charge in [-0.25, -0.2) is 9.59 Å². The molecule has 1 heterocycles. The summed E-state index contributed by atoms with van der Waals surface area (Å²) in [7, 11) is 1.83. The van der Waals surface area contributed by atoms with Gasteiger partial charge >= 0.3 is 12.0 Å². The number of nitrogens with one attached hydrogen (secondary N) is 2. The summed E-state index contributed by atoms with van der Waals surface area (Å²) in [4.78, 5) is 23.2. The number of amides is 2. The standard InChI is InChI=1S/C13H20N4O3/c1-9-10(8-15-17(9)2)7-14-12(20)16-13(11(18)19)5-3-4-6-13/h8H,3-7H2,1-2H3,(H,18,19)(H2,14,16,20). The van der Waals surface area contributed by atoms with E-state index < -0.39 is 17.5 Å². The second-order valence-electron chi connectivity index (χ2n) is 5.28. The van der Waals surface area contributed by atoms with E-state index in [1.165, 1.54) is 0 Å². The molecule has 1 aromatic rings. The second-order valence-corrected chi connectivity index (χ2v) is 5.28. The van der Waals surface area contributed by atoms with Gasteiger partial charge in [-0.05, 0) is 19.8 Å². The van der Waals surface area contributed by atoms with Crippen molar-refractivity contribution in [3.63, 3.8) is 0 Å². The molecule has 1 saturated carbocycles. The van der Waals surface area contributed by atoms with E-state index >= 15 is 0 Å². The van der Waals surface area contributed by atoms with Crippen LogP contribution >= 0.6 is 0 Å². The molecule has 110 valence electrons. The van der Waals surface area contributed by atoms with Crippen LogP contribution in [0.5, 0.6) is 0 Å². The van der Waals surface area contributed by atoms with Gasteiger partial charge in [0.1, 0.15) is 5.54 Å². The molecule has 0 aromatic carbocycles. The Morgan fingerprint density at radius 3 is 2.60 bits per heavy atom. The smallest absolute Gasteiger partial charge is 0.329 e. The highest BCUT2D eigenvalue weighted by Gasteiger charge is 2.42. The number of aliphatic carboxylic acids is 1. The van der Waals surface area contributed by atoms with Crippen LogP contribution in [0.4, 0.5) is 4.79 Å². The first-order chi connectivity index (χ1) is 9.44. The molecule has 0 atom stereocenters. The van der Waals surface area contributed by atoms with Crippen molar-refractivity contribution in [3.05, 3.63) is 17.5 Å². The van der Waals surface area contributed by atoms with Gasteiger partial charge in [-0.3, -0.25) is 4.68 Å². The minimum Gasteiger partial charge on any atom is -0.480 e. The number of carboxylic acid groups (broad SMARTS) is 1. The highest BCUT2D eigenvalue weighted by atomic mass is 16.4. The molecule has 0 aliphatic heterocycles. The quantitative estimate of drug-likeness (QED) is 0.764. The molecule has 1 fully saturated rings. The SMILES string of the molecule is Cc1c(CNC(=O)NC2(C(=O)O)CCCC2)cnn1C. The minimum absolute atomic E-state index is 0.335. The molecule has 1 aliphatic carbocycles. The molecule has 7 heteroatoms. The first-order valence-corrected chi connectivity index (χ1v) is 6.71. The Kier molecular flexibility index (Phi) is 3.96. The Hall–Kier alpha value is -2.05. The summed E-state index contributed by atoms with van der Waals surface area (Å²) in [6.07, 6.45) is 4.32. The van der Waals surface area contributed by atoms with E-state index in [-0.39, 0.29) is 0 Å². The van der Waals surface area contributed by atoms with Gasteiger partial charge in [0, 0.05) is 24.8 Å². The van der Waals surface area contributed by atoms with Crippen molar-refractivity contribution in [2.75, 3.05) is 0 Å². The molecule has 2 amide bonds. The fourth-order valence-corrected chi connectivity index (χ4v) is 2.53. The zero-order valence-electron chi connectivity index (χ0n) is 11.8. The third-order valence-electron chi connectivity index (χ3n) is 4.00. The van der Waals surface area contributed by atoms with Crippen LogP contribution in [0.15, 0.2) is 6.20 Å². The van der Waals surface area contributed by atoms with Crippen molar-refractivity contribution in [2.45, 2.75) is 44.7 Å². The summed E-state index contributed by atoms with van der Waals surface area (Å²) in [5.74, 6) is -0.956. The van der Waals surface area contributed by atoms with E-state index in [1.54, 1.807) is 10.9 Å². The van der Waals surface area contributed by atoms with Crippen molar-refractivity contribution in [1.82, 2.24) is 20.4 Å². The predicted octanol–water partition coefficient (Wildman–Crippen LogP) is 0.925. The fraction of sp³-hybridized carbons (Fsp3) is 0.615. The maximum atomic E-state index is 11.9. The van der Waals surface area contributed by atoms with Crippen LogP contribution in [0, 0.1) is 6.92 Å². The van der Waals surface area contributed by atoms with E-state index in [4.69, 9.17) is 0 Å². The Morgan fingerprint density at radius 1 is 1.45 bits per heavy atom. The summed E-state index contributed by atoms with van der Waals surface area (Å²) < 4.78 is 1.73. The second kappa shape index (κ2) is 5.52. The van der Waals surface area contributed by atoms with E-state index in [0.717, 1.165) is 24.1 Å². The third kappa shape index (κ3) is 2.76. The Balaban J connectivity index is 1.92. The van der Waals surface area contributed by atoms with E-state index in [0.29, 0.717) is 19.4 Å². The van der Waals surface area contributed by atoms with Crippen LogP contribution in [-0.4, -0.2) is 32.4 Å². The summed E-state index contributed by atoms with van der Waals surface area (Å²) in [6, 6.07) is -0.447. The molecule has 1 aromatic heterocycles. The third-order valence-corrected chi connectivity index (χ3v) is 4.00. The normalized spacial score (nSPS) is 16.9. The molecule has 0 unspecified atom stereocenters. The first kappa shape index (κ1) is 14.4. The number of nitrogens with zero attached hydrogens (tertiary/aromatic N) is 2. The fourth-order valence-electron chi connectivity index (χ4n) is 2.53. The lowest BCUT2D eigenvalue weighted by Crippen LogP contribution is -2.55. The van der Waals surface area contributed by atoms with Gasteiger partial charge in [-0.1, -0.05) is 12.8 Å². The van der Waals surface area contributed by atoms with Crippen LogP contribution in [0.2, 0.25) is 0 Å². The maximum absolute atomic E-state index is 11.9. The van der Waals surface area contributed by atoms with Crippen LogP contribution in [0.25, 0.3) is 0 Å². The Morgan fingerprint density at radius 2 is 2.10 bits per heavy atom. The topological polar surface area (TPSA) is 96.2 Å². The van der Waals surface area contributed by atoms with Crippen LogP contribution in [0.3, 0.4) is 0 Å². The van der Waals surface area contributed by atoms with Crippen LogP contribution in [0.1, 0.15) is 36.9 Å². The molecule has 0 bridgehead atoms. The first-order valence-electron chi connectivity index (χ1n) is 6.71. The average molecular weight is 280 g/mol. The average Bonchev–Trinajstić information content (AvgIpc) is 2.98. The molecule has 7 nitrogen and oxygen atoms in total. The maximum Gasteiger partial charge on any atom is 0.329 e. The molecule has 2 rings (SSSR count). The van der Waals surface area contributed by atoms with E-state index in [9.17, 15) is 14.7 Å². The predicted molar refractivity (Wildman–Crippen MR) is 72.2 cm³/mol. The highest BCUT2D eigenvalue weighted by Crippen LogP contribution is 2.29. The summed E-state index contributed by atoms with van der Waals surface area (Å²) in [6.45, 7) is 2.25. The van der Waals surface area contributed by atoms with Gasteiger partial charge in [0.15, 0.2) is 0 Å². The Bertz CT molecular complexity index is 518. The number of aryl methyl sites for hydroxylation is 1. The van der Waals surface area contributed by atoms with Crippen molar-refractivity contribution < 1.29 is 14.7 Å². The number of hydrogen-bond donors (Lipinski definition) is 3. The molecule has 0 spiro atoms. The number of carboxylic acids is 1. The van der Waals surface area contributed by atoms with E-state index in [2.05, 4.69) is 15.7 Å². The van der Waals surface area contributed by atoms with Crippen molar-refractivity contribution >= 4 is 12.0 Å². The van der Waals surface area contributed by atoms with E-state index in [1.807, 2.05) is 14.0 Å². The number of aromatic nitrogens is 2. The summed E-state index contributed by atoms with van der Waals surface area (Å²) >= 11 is 0. The van der Waals surface area contributed by atoms with Crippen LogP contribution in [-0.2, 0) is 18.4 Å². The van der Waals surface area contributed by atoms with Gasteiger partial charge in [-0.2, -0.15) is 5.10 Å². The van der Waals surface area contributed by atoms with Crippen LogP contribution < -0.4 is 10.6 Å². The van der Waals surface area contributed by atoms with Gasteiger partial charge in [0.05, 0.1) is 6.20 Å². The largest absolute Gasteiger partial charge is 0.480 e. The molecular formula is C13H20N4O3. The number of urea groups is 1. The van der Waals surface area contributed by atoms with Crippen molar-refractivity contribution in [2.24, 2.45) is 7.05 Å². The van der Waals surface area contributed by atoms with Gasteiger partial charge in [0.25, 0.3) is 0 Å². The zero-order valence-corrected chi connectivity index (χ0v) is 11.8. The Labute approximate surface area is 117 Å². The lowest BCUT2D eigenvalue weighted by atomic mass is 9.98. The monoisotopic (exact) mass is 280 g/mol. The number of hydrogen-bond acceptors (Lipinski definition) is 3. The molecule has 3 N–H and O–H groups in total. The molecule has 1 aliphatic rings. The molecule has 0 radical (unpaired) electrons. The summed E-state index contributed by atoms with van der Waals surface area (Å²) in [5, 5.41) is 18.7. The zero-order chi connectivity index (χ0) is 14.8.